The first-order valence-electron chi connectivity index (χ1n) is 12.5. The van der Waals surface area contributed by atoms with Gasteiger partial charge in [-0.1, -0.05) is 37.8 Å². The van der Waals surface area contributed by atoms with E-state index >= 15 is 0 Å². The van der Waals surface area contributed by atoms with E-state index in [-0.39, 0.29) is 0 Å². The summed E-state index contributed by atoms with van der Waals surface area (Å²) in [5, 5.41) is 23.5. The predicted molar refractivity (Wildman–Crippen MR) is 138 cm³/mol. The van der Waals surface area contributed by atoms with E-state index in [9.17, 15) is 10.2 Å². The standard InChI is InChI=1S/C28H42N2O3/c1-29(2)17-9-5-7-11-25(31)21-13-15-27-23(19-21)24-20-22(14-16-28(24)33-27)26(32)12-8-6-10-18-30(3)4/h13-16,19-20,25-26,31-32H,5-12,17-18H2,1-4H3. The lowest BCUT2D eigenvalue weighted by molar-refractivity contribution is 0.163. The van der Waals surface area contributed by atoms with Crippen LogP contribution in [-0.2, 0) is 0 Å². The molecule has 2 unspecified atom stereocenters. The summed E-state index contributed by atoms with van der Waals surface area (Å²) in [6, 6.07) is 12.0. The third-order valence-corrected chi connectivity index (χ3v) is 6.45. The number of furan rings is 1. The maximum atomic E-state index is 10.7. The molecule has 2 aromatic carbocycles. The monoisotopic (exact) mass is 454 g/mol. The molecule has 3 aromatic rings. The van der Waals surface area contributed by atoms with Crippen molar-refractivity contribution in [2.45, 2.75) is 63.6 Å². The van der Waals surface area contributed by atoms with Gasteiger partial charge in [0.15, 0.2) is 0 Å². The molecule has 5 heteroatoms. The molecule has 0 aliphatic rings. The minimum Gasteiger partial charge on any atom is -0.456 e. The summed E-state index contributed by atoms with van der Waals surface area (Å²) in [5.41, 5.74) is 3.51. The van der Waals surface area contributed by atoms with Crippen LogP contribution in [0.25, 0.3) is 21.9 Å². The van der Waals surface area contributed by atoms with Crippen LogP contribution in [0.3, 0.4) is 0 Å². The molecule has 0 amide bonds. The lowest BCUT2D eigenvalue weighted by Crippen LogP contribution is -2.12. The molecule has 0 radical (unpaired) electrons. The van der Waals surface area contributed by atoms with Crippen LogP contribution in [0, 0.1) is 0 Å². The Bertz CT molecular complexity index is 917. The first-order chi connectivity index (χ1) is 15.8. The number of hydrogen-bond donors (Lipinski definition) is 2. The number of hydrogen-bond acceptors (Lipinski definition) is 5. The summed E-state index contributed by atoms with van der Waals surface area (Å²) in [6.07, 6.45) is 7.22. The number of benzene rings is 2. The molecular formula is C28H42N2O3. The molecule has 0 fully saturated rings. The molecule has 182 valence electrons. The zero-order valence-corrected chi connectivity index (χ0v) is 20.9. The van der Waals surface area contributed by atoms with Crippen molar-refractivity contribution in [1.82, 2.24) is 9.80 Å². The Labute approximate surface area is 199 Å². The molecule has 0 aliphatic carbocycles. The highest BCUT2D eigenvalue weighted by Crippen LogP contribution is 2.34. The number of rotatable bonds is 14. The van der Waals surface area contributed by atoms with Crippen LogP contribution >= 0.6 is 0 Å². The van der Waals surface area contributed by atoms with Gasteiger partial charge in [0.25, 0.3) is 0 Å². The molecule has 3 rings (SSSR count). The molecule has 0 spiro atoms. The predicted octanol–water partition coefficient (Wildman–Crippen LogP) is 5.90. The van der Waals surface area contributed by atoms with Gasteiger partial charge >= 0.3 is 0 Å². The van der Waals surface area contributed by atoms with Crippen LogP contribution in [-0.4, -0.2) is 61.3 Å². The molecule has 0 bridgehead atoms. The van der Waals surface area contributed by atoms with Gasteiger partial charge in [-0.25, -0.2) is 0 Å². The molecule has 1 heterocycles. The van der Waals surface area contributed by atoms with E-state index in [1.165, 1.54) is 0 Å². The average Bonchev–Trinajstić information content (AvgIpc) is 3.15. The van der Waals surface area contributed by atoms with Gasteiger partial charge < -0.3 is 24.4 Å². The summed E-state index contributed by atoms with van der Waals surface area (Å²) in [7, 11) is 8.37. The van der Waals surface area contributed by atoms with Crippen molar-refractivity contribution < 1.29 is 14.6 Å². The van der Waals surface area contributed by atoms with E-state index in [4.69, 9.17) is 4.42 Å². The van der Waals surface area contributed by atoms with Gasteiger partial charge in [-0.15, -0.1) is 0 Å². The van der Waals surface area contributed by atoms with Crippen LogP contribution in [0.15, 0.2) is 40.8 Å². The van der Waals surface area contributed by atoms with Crippen molar-refractivity contribution in [3.05, 3.63) is 47.5 Å². The molecule has 5 nitrogen and oxygen atoms in total. The quantitative estimate of drug-likeness (QED) is 0.297. The Morgan fingerprint density at radius 1 is 0.636 bits per heavy atom. The van der Waals surface area contributed by atoms with Gasteiger partial charge in [-0.05, 0) is 102 Å². The van der Waals surface area contributed by atoms with Gasteiger partial charge in [-0.3, -0.25) is 0 Å². The van der Waals surface area contributed by atoms with E-state index in [0.29, 0.717) is 0 Å². The second kappa shape index (κ2) is 12.5. The molecule has 0 saturated heterocycles. The van der Waals surface area contributed by atoms with Crippen LogP contribution in [0.4, 0.5) is 0 Å². The lowest BCUT2D eigenvalue weighted by atomic mass is 9.98. The molecule has 2 atom stereocenters. The fraction of sp³-hybridized carbons (Fsp3) is 0.571. The summed E-state index contributed by atoms with van der Waals surface area (Å²) < 4.78 is 6.02. The van der Waals surface area contributed by atoms with Crippen molar-refractivity contribution in [2.24, 2.45) is 0 Å². The number of aliphatic hydroxyl groups excluding tert-OH is 2. The van der Waals surface area contributed by atoms with Crippen LogP contribution in [0.5, 0.6) is 0 Å². The average molecular weight is 455 g/mol. The smallest absolute Gasteiger partial charge is 0.135 e. The Morgan fingerprint density at radius 3 is 1.45 bits per heavy atom. The summed E-state index contributed by atoms with van der Waals surface area (Å²) in [5.74, 6) is 0. The Kier molecular flexibility index (Phi) is 9.75. The third-order valence-electron chi connectivity index (χ3n) is 6.45. The fourth-order valence-corrected chi connectivity index (χ4v) is 4.45. The molecule has 33 heavy (non-hydrogen) atoms. The minimum absolute atomic E-state index is 0.463. The normalized spacial score (nSPS) is 14.1. The minimum atomic E-state index is -0.463. The Hall–Kier alpha value is -1.92. The van der Waals surface area contributed by atoms with Gasteiger partial charge in [0.05, 0.1) is 12.2 Å². The van der Waals surface area contributed by atoms with Crippen molar-refractivity contribution >= 4 is 21.9 Å². The number of nitrogens with zero attached hydrogens (tertiary/aromatic N) is 2. The second-order valence-electron chi connectivity index (χ2n) is 9.95. The maximum absolute atomic E-state index is 10.7. The fourth-order valence-electron chi connectivity index (χ4n) is 4.45. The first kappa shape index (κ1) is 25.7. The van der Waals surface area contributed by atoms with E-state index < -0.39 is 12.2 Å². The van der Waals surface area contributed by atoms with Crippen molar-refractivity contribution in [3.8, 4) is 0 Å². The third kappa shape index (κ3) is 7.54. The number of aliphatic hydroxyl groups is 2. The zero-order valence-electron chi connectivity index (χ0n) is 20.9. The zero-order chi connectivity index (χ0) is 23.8. The molecule has 2 N–H and O–H groups in total. The van der Waals surface area contributed by atoms with Gasteiger partial charge in [0.1, 0.15) is 11.2 Å². The van der Waals surface area contributed by atoms with Crippen LogP contribution in [0.1, 0.15) is 74.7 Å². The largest absolute Gasteiger partial charge is 0.456 e. The summed E-state index contributed by atoms with van der Waals surface area (Å²) in [4.78, 5) is 4.40. The molecule has 1 aromatic heterocycles. The highest BCUT2D eigenvalue weighted by Gasteiger charge is 2.15. The first-order valence-corrected chi connectivity index (χ1v) is 12.5. The van der Waals surface area contributed by atoms with Gasteiger partial charge in [-0.2, -0.15) is 0 Å². The SMILES string of the molecule is CN(C)CCCCCC(O)c1ccc2oc3ccc(C(O)CCCCCN(C)C)cc3c2c1. The Morgan fingerprint density at radius 2 is 1.06 bits per heavy atom. The van der Waals surface area contributed by atoms with Crippen LogP contribution < -0.4 is 0 Å². The lowest BCUT2D eigenvalue weighted by Gasteiger charge is -2.13. The highest BCUT2D eigenvalue weighted by molar-refractivity contribution is 6.05. The van der Waals surface area contributed by atoms with Crippen LogP contribution in [0.2, 0.25) is 0 Å². The van der Waals surface area contributed by atoms with E-state index in [2.05, 4.69) is 50.1 Å². The van der Waals surface area contributed by atoms with E-state index in [1.807, 2.05) is 24.3 Å². The van der Waals surface area contributed by atoms with Gasteiger partial charge in [0.2, 0.25) is 0 Å². The molecule has 0 saturated carbocycles. The van der Waals surface area contributed by atoms with Gasteiger partial charge in [0, 0.05) is 10.8 Å². The van der Waals surface area contributed by atoms with Crippen molar-refractivity contribution in [3.63, 3.8) is 0 Å². The number of unbranched alkanes of at least 4 members (excludes halogenated alkanes) is 4. The molecule has 0 aliphatic heterocycles. The second-order valence-corrected chi connectivity index (χ2v) is 9.95. The summed E-state index contributed by atoms with van der Waals surface area (Å²) >= 11 is 0. The van der Waals surface area contributed by atoms with Crippen molar-refractivity contribution in [2.75, 3.05) is 41.3 Å². The Balaban J connectivity index is 1.65. The number of fused-ring (bicyclic) bond motifs is 3. The summed E-state index contributed by atoms with van der Waals surface area (Å²) in [6.45, 7) is 2.18. The van der Waals surface area contributed by atoms with Crippen molar-refractivity contribution in [1.29, 1.82) is 0 Å². The van der Waals surface area contributed by atoms with E-state index in [1.54, 1.807) is 0 Å². The maximum Gasteiger partial charge on any atom is 0.135 e. The topological polar surface area (TPSA) is 60.1 Å². The molecular weight excluding hydrogens is 412 g/mol. The highest BCUT2D eigenvalue weighted by atomic mass is 16.3. The van der Waals surface area contributed by atoms with E-state index in [0.717, 1.165) is 97.5 Å².